The molecule has 0 fully saturated rings. The van der Waals surface area contributed by atoms with Crippen molar-refractivity contribution < 1.29 is 19.2 Å². The topological polar surface area (TPSA) is 115 Å². The molecular formula is C27H20N4O5. The first kappa shape index (κ1) is 22.7. The third-order valence-corrected chi connectivity index (χ3v) is 5.89. The second-order valence-electron chi connectivity index (χ2n) is 8.16. The quantitative estimate of drug-likeness (QED) is 0.243. The van der Waals surface area contributed by atoms with Crippen LogP contribution in [0, 0.1) is 10.1 Å². The molecule has 1 aliphatic heterocycles. The molecule has 1 aromatic heterocycles. The van der Waals surface area contributed by atoms with E-state index in [-0.39, 0.29) is 23.7 Å². The standard InChI is InChI=1S/C27H20N4O5/c1-36-21-9-11-25-22(14-21)23(27(33)30(25)16-17-4-7-20(8-5-17)31(34)35)15-26(32)29-19-6-10-24-18(13-19)3-2-12-28-24/h2-15H,16H2,1H3,(H,29,32)/b23-15+. The van der Waals surface area contributed by atoms with Crippen molar-refractivity contribution in [1.82, 2.24) is 4.98 Å². The minimum absolute atomic E-state index is 0.0293. The lowest BCUT2D eigenvalue weighted by Crippen LogP contribution is -2.26. The minimum atomic E-state index is -0.474. The smallest absolute Gasteiger partial charge is 0.269 e. The van der Waals surface area contributed by atoms with Crippen LogP contribution in [0.3, 0.4) is 0 Å². The molecule has 9 nitrogen and oxygen atoms in total. The number of pyridine rings is 1. The van der Waals surface area contributed by atoms with E-state index in [1.165, 1.54) is 30.2 Å². The van der Waals surface area contributed by atoms with E-state index in [0.717, 1.165) is 10.9 Å². The summed E-state index contributed by atoms with van der Waals surface area (Å²) in [6, 6.07) is 20.3. The number of carbonyl (C=O) groups is 2. The van der Waals surface area contributed by atoms with Gasteiger partial charge in [-0.25, -0.2) is 0 Å². The molecule has 0 bridgehead atoms. The van der Waals surface area contributed by atoms with Gasteiger partial charge in [0.1, 0.15) is 5.75 Å². The van der Waals surface area contributed by atoms with Crippen molar-refractivity contribution in [3.8, 4) is 5.75 Å². The van der Waals surface area contributed by atoms with Crippen molar-refractivity contribution in [3.05, 3.63) is 106 Å². The molecule has 36 heavy (non-hydrogen) atoms. The molecule has 9 heteroatoms. The lowest BCUT2D eigenvalue weighted by atomic mass is 10.1. The van der Waals surface area contributed by atoms with Crippen molar-refractivity contribution in [1.29, 1.82) is 0 Å². The number of aromatic nitrogens is 1. The molecule has 3 aromatic carbocycles. The fraction of sp³-hybridized carbons (Fsp3) is 0.0741. The molecule has 0 radical (unpaired) electrons. The van der Waals surface area contributed by atoms with Gasteiger partial charge in [0.15, 0.2) is 0 Å². The predicted octanol–water partition coefficient (Wildman–Crippen LogP) is 4.72. The molecule has 178 valence electrons. The maximum Gasteiger partial charge on any atom is 0.269 e. The third-order valence-electron chi connectivity index (χ3n) is 5.89. The number of rotatable bonds is 6. The van der Waals surface area contributed by atoms with Gasteiger partial charge >= 0.3 is 0 Å². The fourth-order valence-electron chi connectivity index (χ4n) is 4.13. The molecule has 4 aromatic rings. The number of methoxy groups -OCH3 is 1. The van der Waals surface area contributed by atoms with Gasteiger partial charge in [0.2, 0.25) is 5.91 Å². The number of nitrogens with one attached hydrogen (secondary N) is 1. The lowest BCUT2D eigenvalue weighted by molar-refractivity contribution is -0.384. The van der Waals surface area contributed by atoms with Gasteiger partial charge in [-0.3, -0.25) is 24.7 Å². The second-order valence-corrected chi connectivity index (χ2v) is 8.16. The molecule has 5 rings (SSSR count). The number of nitro benzene ring substituents is 1. The van der Waals surface area contributed by atoms with Crippen LogP contribution in [0.5, 0.6) is 5.75 Å². The number of hydrogen-bond donors (Lipinski definition) is 1. The van der Waals surface area contributed by atoms with E-state index >= 15 is 0 Å². The Bertz CT molecular complexity index is 1550. The number of benzene rings is 3. The number of fused-ring (bicyclic) bond motifs is 2. The van der Waals surface area contributed by atoms with Gasteiger partial charge < -0.3 is 15.0 Å². The lowest BCUT2D eigenvalue weighted by Gasteiger charge is -2.17. The highest BCUT2D eigenvalue weighted by atomic mass is 16.6. The summed E-state index contributed by atoms with van der Waals surface area (Å²) in [6.45, 7) is 0.187. The van der Waals surface area contributed by atoms with Crippen LogP contribution in [0.1, 0.15) is 11.1 Å². The molecule has 0 aliphatic carbocycles. The molecule has 0 atom stereocenters. The van der Waals surface area contributed by atoms with Crippen molar-refractivity contribution in [3.63, 3.8) is 0 Å². The number of amides is 2. The zero-order valence-electron chi connectivity index (χ0n) is 19.2. The first-order chi connectivity index (χ1) is 17.4. The van der Waals surface area contributed by atoms with Crippen LogP contribution in [-0.2, 0) is 16.1 Å². The highest BCUT2D eigenvalue weighted by Crippen LogP contribution is 2.40. The minimum Gasteiger partial charge on any atom is -0.497 e. The van der Waals surface area contributed by atoms with Gasteiger partial charge in [-0.1, -0.05) is 18.2 Å². The number of nitro groups is 1. The SMILES string of the molecule is COc1ccc2c(c1)/C(=C\C(=O)Nc1ccc3ncccc3c1)C(=O)N2Cc1ccc([N+](=O)[O-])cc1. The molecule has 2 heterocycles. The highest BCUT2D eigenvalue weighted by molar-refractivity contribution is 6.35. The summed E-state index contributed by atoms with van der Waals surface area (Å²) in [7, 11) is 1.53. The summed E-state index contributed by atoms with van der Waals surface area (Å²) in [5.41, 5.74) is 3.49. The number of hydrogen-bond acceptors (Lipinski definition) is 6. The summed E-state index contributed by atoms with van der Waals surface area (Å²) in [5.74, 6) is -0.255. The van der Waals surface area contributed by atoms with Gasteiger partial charge in [0.05, 0.1) is 35.4 Å². The Balaban J connectivity index is 1.44. The average molecular weight is 480 g/mol. The first-order valence-corrected chi connectivity index (χ1v) is 11.0. The van der Waals surface area contributed by atoms with Crippen LogP contribution >= 0.6 is 0 Å². The van der Waals surface area contributed by atoms with Crippen molar-refractivity contribution in [2.45, 2.75) is 6.54 Å². The molecule has 0 saturated heterocycles. The highest BCUT2D eigenvalue weighted by Gasteiger charge is 2.33. The third kappa shape index (κ3) is 4.37. The zero-order valence-corrected chi connectivity index (χ0v) is 19.2. The maximum absolute atomic E-state index is 13.4. The van der Waals surface area contributed by atoms with Crippen molar-refractivity contribution in [2.75, 3.05) is 17.3 Å². The van der Waals surface area contributed by atoms with Crippen LogP contribution in [0.2, 0.25) is 0 Å². The van der Waals surface area contributed by atoms with Crippen molar-refractivity contribution >= 4 is 45.4 Å². The summed E-state index contributed by atoms with van der Waals surface area (Å²) in [5, 5.41) is 14.6. The Morgan fingerprint density at radius 3 is 2.67 bits per heavy atom. The van der Waals surface area contributed by atoms with Crippen LogP contribution < -0.4 is 15.0 Å². The number of carbonyl (C=O) groups excluding carboxylic acids is 2. The Labute approximate surface area is 205 Å². The molecule has 0 spiro atoms. The molecule has 2 amide bonds. The second kappa shape index (κ2) is 9.30. The van der Waals surface area contributed by atoms with Gasteiger partial charge in [-0.2, -0.15) is 0 Å². The molecule has 0 saturated carbocycles. The summed E-state index contributed by atoms with van der Waals surface area (Å²) in [6.07, 6.45) is 2.98. The first-order valence-electron chi connectivity index (χ1n) is 11.0. The van der Waals surface area contributed by atoms with Crippen LogP contribution in [0.15, 0.2) is 85.1 Å². The summed E-state index contributed by atoms with van der Waals surface area (Å²) < 4.78 is 5.33. The Morgan fingerprint density at radius 1 is 1.11 bits per heavy atom. The predicted molar refractivity (Wildman–Crippen MR) is 136 cm³/mol. The summed E-state index contributed by atoms with van der Waals surface area (Å²) >= 11 is 0. The van der Waals surface area contributed by atoms with Gasteiger partial charge in [-0.05, 0) is 48.0 Å². The van der Waals surface area contributed by atoms with Crippen LogP contribution in [0.4, 0.5) is 17.1 Å². The molecule has 1 N–H and O–H groups in total. The zero-order chi connectivity index (χ0) is 25.2. The van der Waals surface area contributed by atoms with E-state index in [2.05, 4.69) is 10.3 Å². The van der Waals surface area contributed by atoms with E-state index in [1.807, 2.05) is 24.3 Å². The van der Waals surface area contributed by atoms with Gasteiger partial charge in [0.25, 0.3) is 11.6 Å². The largest absolute Gasteiger partial charge is 0.497 e. The Hall–Kier alpha value is -5.05. The Kier molecular flexibility index (Phi) is 5.87. The van der Waals surface area contributed by atoms with Crippen LogP contribution in [-0.4, -0.2) is 28.8 Å². The fourth-order valence-corrected chi connectivity index (χ4v) is 4.13. The molecular weight excluding hydrogens is 460 g/mol. The molecule has 0 unspecified atom stereocenters. The van der Waals surface area contributed by atoms with Crippen LogP contribution in [0.25, 0.3) is 16.5 Å². The van der Waals surface area contributed by atoms with E-state index in [9.17, 15) is 19.7 Å². The number of non-ortho nitro benzene ring substituents is 1. The Morgan fingerprint density at radius 2 is 1.92 bits per heavy atom. The van der Waals surface area contributed by atoms with Gasteiger partial charge in [0, 0.05) is 41.0 Å². The molecule has 1 aliphatic rings. The number of nitrogens with zero attached hydrogens (tertiary/aromatic N) is 3. The monoisotopic (exact) mass is 480 g/mol. The maximum atomic E-state index is 13.4. The van der Waals surface area contributed by atoms with E-state index in [0.29, 0.717) is 28.3 Å². The number of anilines is 2. The van der Waals surface area contributed by atoms with E-state index in [1.54, 1.807) is 42.6 Å². The van der Waals surface area contributed by atoms with Crippen molar-refractivity contribution in [2.24, 2.45) is 0 Å². The van der Waals surface area contributed by atoms with Gasteiger partial charge in [-0.15, -0.1) is 0 Å². The van der Waals surface area contributed by atoms with E-state index in [4.69, 9.17) is 4.74 Å². The number of ether oxygens (including phenoxy) is 1. The van der Waals surface area contributed by atoms with E-state index < -0.39 is 10.8 Å². The average Bonchev–Trinajstić information content (AvgIpc) is 3.14. The summed E-state index contributed by atoms with van der Waals surface area (Å²) in [4.78, 5) is 42.6. The normalized spacial score (nSPS) is 13.6.